The van der Waals surface area contributed by atoms with Gasteiger partial charge in [0.1, 0.15) is 17.3 Å². The number of amides is 1. The highest BCUT2D eigenvalue weighted by Crippen LogP contribution is 2.36. The summed E-state index contributed by atoms with van der Waals surface area (Å²) in [5.41, 5.74) is 0.565. The fourth-order valence-electron chi connectivity index (χ4n) is 5.20. The fourth-order valence-corrected chi connectivity index (χ4v) is 5.20. The number of aromatic nitrogens is 1. The number of piperidine rings is 1. The van der Waals surface area contributed by atoms with E-state index < -0.39 is 0 Å². The van der Waals surface area contributed by atoms with Crippen molar-refractivity contribution in [2.24, 2.45) is 5.92 Å². The molecule has 2 saturated heterocycles. The molecule has 7 nitrogen and oxygen atoms in total. The quantitative estimate of drug-likeness (QED) is 0.564. The van der Waals surface area contributed by atoms with Gasteiger partial charge in [-0.15, -0.1) is 0 Å². The maximum absolute atomic E-state index is 12.9. The predicted octanol–water partition coefficient (Wildman–Crippen LogP) is 3.64. The molecule has 0 bridgehead atoms. The van der Waals surface area contributed by atoms with Gasteiger partial charge < -0.3 is 20.4 Å². The van der Waals surface area contributed by atoms with Gasteiger partial charge >= 0.3 is 0 Å². The molecule has 1 aromatic heterocycles. The van der Waals surface area contributed by atoms with Crippen molar-refractivity contribution in [3.63, 3.8) is 0 Å². The average molecular weight is 441 g/mol. The molecule has 0 radical (unpaired) electrons. The minimum Gasteiger partial charge on any atom is -0.373 e. The lowest BCUT2D eigenvalue weighted by molar-refractivity contribution is -0.115. The Morgan fingerprint density at radius 3 is 2.31 bits per heavy atom. The summed E-state index contributed by atoms with van der Waals surface area (Å²) in [5.74, 6) is 2.13. The summed E-state index contributed by atoms with van der Waals surface area (Å²) in [6.07, 6.45) is 10.9. The van der Waals surface area contributed by atoms with E-state index in [0.717, 1.165) is 50.8 Å². The summed E-state index contributed by atoms with van der Waals surface area (Å²) in [6, 6.07) is 4.67. The second-order valence-electron chi connectivity index (χ2n) is 9.81. The lowest BCUT2D eigenvalue weighted by Crippen LogP contribution is -2.49. The van der Waals surface area contributed by atoms with Gasteiger partial charge in [0, 0.05) is 50.9 Å². The van der Waals surface area contributed by atoms with Gasteiger partial charge in [0.05, 0.1) is 0 Å². The van der Waals surface area contributed by atoms with Crippen molar-refractivity contribution in [3.8, 4) is 0 Å². The molecule has 7 heteroatoms. The molecule has 3 fully saturated rings. The van der Waals surface area contributed by atoms with Crippen LogP contribution in [0.15, 0.2) is 12.1 Å². The molecule has 176 valence electrons. The van der Waals surface area contributed by atoms with E-state index in [1.54, 1.807) is 0 Å². The third-order valence-electron chi connectivity index (χ3n) is 7.54. The third-order valence-corrected chi connectivity index (χ3v) is 7.54. The van der Waals surface area contributed by atoms with E-state index in [9.17, 15) is 4.79 Å². The molecule has 1 amide bonds. The van der Waals surface area contributed by atoms with Gasteiger partial charge in [-0.3, -0.25) is 10.2 Å². The van der Waals surface area contributed by atoms with Crippen molar-refractivity contribution < 1.29 is 4.79 Å². The van der Waals surface area contributed by atoms with E-state index in [0.29, 0.717) is 17.4 Å². The van der Waals surface area contributed by atoms with E-state index >= 15 is 0 Å². The zero-order valence-corrected chi connectivity index (χ0v) is 19.8. The summed E-state index contributed by atoms with van der Waals surface area (Å²) in [4.78, 5) is 22.5. The van der Waals surface area contributed by atoms with Crippen LogP contribution in [0.5, 0.6) is 0 Å². The van der Waals surface area contributed by atoms with Crippen LogP contribution in [0.4, 0.5) is 11.6 Å². The van der Waals surface area contributed by atoms with Crippen LogP contribution in [-0.4, -0.2) is 66.8 Å². The average Bonchev–Trinajstić information content (AvgIpc) is 3.63. The SMILES string of the molecule is CNc1nc(N2CCCCCCC2)ccc1C(=N)C(=O)NC1CCN(C(C)C2CC2)CC1. The lowest BCUT2D eigenvalue weighted by Gasteiger charge is -2.36. The summed E-state index contributed by atoms with van der Waals surface area (Å²) in [6.45, 7) is 6.44. The van der Waals surface area contributed by atoms with E-state index in [2.05, 4.69) is 27.4 Å². The Kier molecular flexibility index (Phi) is 7.66. The smallest absolute Gasteiger partial charge is 0.270 e. The van der Waals surface area contributed by atoms with Gasteiger partial charge in [-0.1, -0.05) is 19.3 Å². The van der Waals surface area contributed by atoms with Crippen LogP contribution in [-0.2, 0) is 4.79 Å². The Bertz CT molecular complexity index is 792. The summed E-state index contributed by atoms with van der Waals surface area (Å²) in [7, 11) is 1.81. The molecule has 1 aromatic rings. The van der Waals surface area contributed by atoms with Crippen LogP contribution in [0.3, 0.4) is 0 Å². The fraction of sp³-hybridized carbons (Fsp3) is 0.720. The summed E-state index contributed by atoms with van der Waals surface area (Å²) in [5, 5.41) is 14.8. The summed E-state index contributed by atoms with van der Waals surface area (Å²) < 4.78 is 0. The molecule has 1 unspecified atom stereocenters. The topological polar surface area (TPSA) is 84.4 Å². The first-order valence-electron chi connectivity index (χ1n) is 12.6. The molecule has 1 atom stereocenters. The molecule has 1 aliphatic carbocycles. The number of nitrogens with one attached hydrogen (secondary N) is 3. The van der Waals surface area contributed by atoms with Crippen LogP contribution in [0.25, 0.3) is 0 Å². The first-order chi connectivity index (χ1) is 15.6. The van der Waals surface area contributed by atoms with Crippen molar-refractivity contribution in [2.45, 2.75) is 76.8 Å². The largest absolute Gasteiger partial charge is 0.373 e. The number of anilines is 2. The lowest BCUT2D eigenvalue weighted by atomic mass is 10.0. The van der Waals surface area contributed by atoms with Crippen LogP contribution in [0.1, 0.15) is 70.3 Å². The molecular weight excluding hydrogens is 400 g/mol. The number of carbonyl (C=O) groups is 1. The summed E-state index contributed by atoms with van der Waals surface area (Å²) >= 11 is 0. The van der Waals surface area contributed by atoms with Gasteiger partial charge in [0.15, 0.2) is 0 Å². The molecule has 1 saturated carbocycles. The molecule has 3 aliphatic rings. The maximum atomic E-state index is 12.9. The Hall–Kier alpha value is -2.15. The Morgan fingerprint density at radius 1 is 1.03 bits per heavy atom. The van der Waals surface area contributed by atoms with Crippen molar-refractivity contribution in [1.82, 2.24) is 15.2 Å². The normalized spacial score (nSPS) is 22.0. The number of carbonyl (C=O) groups excluding carboxylic acids is 1. The van der Waals surface area contributed by atoms with Crippen LogP contribution >= 0.6 is 0 Å². The van der Waals surface area contributed by atoms with Gasteiger partial charge in [0.25, 0.3) is 5.91 Å². The van der Waals surface area contributed by atoms with Crippen molar-refractivity contribution in [2.75, 3.05) is 43.4 Å². The van der Waals surface area contributed by atoms with Gasteiger partial charge in [-0.2, -0.15) is 0 Å². The van der Waals surface area contributed by atoms with E-state index in [-0.39, 0.29) is 17.7 Å². The molecule has 32 heavy (non-hydrogen) atoms. The second kappa shape index (κ2) is 10.6. The zero-order valence-electron chi connectivity index (χ0n) is 19.8. The third kappa shape index (κ3) is 5.61. The predicted molar refractivity (Wildman–Crippen MR) is 131 cm³/mol. The highest BCUT2D eigenvalue weighted by Gasteiger charge is 2.34. The molecule has 2 aliphatic heterocycles. The van der Waals surface area contributed by atoms with Crippen LogP contribution in [0.2, 0.25) is 0 Å². The highest BCUT2D eigenvalue weighted by atomic mass is 16.1. The number of rotatable bonds is 7. The van der Waals surface area contributed by atoms with E-state index in [1.165, 1.54) is 44.9 Å². The Labute approximate surface area is 192 Å². The van der Waals surface area contributed by atoms with Crippen molar-refractivity contribution >= 4 is 23.3 Å². The first-order valence-corrected chi connectivity index (χ1v) is 12.6. The minimum atomic E-state index is -0.295. The van der Waals surface area contributed by atoms with Crippen molar-refractivity contribution in [1.29, 1.82) is 5.41 Å². The zero-order chi connectivity index (χ0) is 22.5. The monoisotopic (exact) mass is 440 g/mol. The number of pyridine rings is 1. The standard InChI is InChI=1S/C25H40N6O/c1-18(19-8-9-19)30-16-12-20(13-17-30)28-25(32)23(26)21-10-11-22(29-24(21)27-2)31-14-6-4-3-5-7-15-31/h10-11,18-20,26H,3-9,12-17H2,1-2H3,(H,27,29)(H,28,32). The first kappa shape index (κ1) is 23.0. The second-order valence-corrected chi connectivity index (χ2v) is 9.81. The van der Waals surface area contributed by atoms with Gasteiger partial charge in [0.2, 0.25) is 0 Å². The molecule has 0 spiro atoms. The Morgan fingerprint density at radius 2 is 1.69 bits per heavy atom. The van der Waals surface area contributed by atoms with E-state index in [1.807, 2.05) is 19.2 Å². The van der Waals surface area contributed by atoms with Crippen LogP contribution in [0, 0.1) is 11.3 Å². The van der Waals surface area contributed by atoms with Gasteiger partial charge in [-0.05, 0) is 63.5 Å². The number of hydrogen-bond acceptors (Lipinski definition) is 6. The van der Waals surface area contributed by atoms with Crippen molar-refractivity contribution in [3.05, 3.63) is 17.7 Å². The number of hydrogen-bond donors (Lipinski definition) is 3. The molecule has 3 heterocycles. The molecule has 0 aromatic carbocycles. The van der Waals surface area contributed by atoms with Crippen LogP contribution < -0.4 is 15.5 Å². The van der Waals surface area contributed by atoms with Gasteiger partial charge in [-0.25, -0.2) is 4.98 Å². The number of likely N-dealkylation sites (tertiary alicyclic amines) is 1. The minimum absolute atomic E-state index is 0.00477. The molecular formula is C25H40N6O. The van der Waals surface area contributed by atoms with E-state index in [4.69, 9.17) is 10.4 Å². The Balaban J connectivity index is 1.35. The maximum Gasteiger partial charge on any atom is 0.270 e. The number of nitrogens with zero attached hydrogens (tertiary/aromatic N) is 3. The molecule has 4 rings (SSSR count). The highest BCUT2D eigenvalue weighted by molar-refractivity contribution is 6.45. The molecule has 3 N–H and O–H groups in total.